The van der Waals surface area contributed by atoms with Gasteiger partial charge in [-0.1, -0.05) is 0 Å². The molecular formula is C9H12BrNO2S. The van der Waals surface area contributed by atoms with Crippen LogP contribution in [0.25, 0.3) is 0 Å². The molecule has 5 heteroatoms. The molecule has 0 N–H and O–H groups in total. The molecule has 0 bridgehead atoms. The standard InChI is InChI=1S/C9H12BrNO2S/c1-4-13-7(12)9(2,3)6-5-14-8(10)11-6/h5H,4H2,1-3H3. The Morgan fingerprint density at radius 1 is 1.71 bits per heavy atom. The highest BCUT2D eigenvalue weighted by Crippen LogP contribution is 2.28. The van der Waals surface area contributed by atoms with Crippen molar-refractivity contribution in [1.82, 2.24) is 4.98 Å². The topological polar surface area (TPSA) is 39.2 Å². The predicted octanol–water partition coefficient (Wildman–Crippen LogP) is 2.75. The lowest BCUT2D eigenvalue weighted by molar-refractivity contribution is -0.148. The van der Waals surface area contributed by atoms with Crippen LogP contribution in [0.3, 0.4) is 0 Å². The van der Waals surface area contributed by atoms with E-state index in [-0.39, 0.29) is 5.97 Å². The number of halogens is 1. The van der Waals surface area contributed by atoms with Gasteiger partial charge in [-0.05, 0) is 36.7 Å². The van der Waals surface area contributed by atoms with E-state index in [0.717, 1.165) is 9.61 Å². The van der Waals surface area contributed by atoms with Crippen LogP contribution in [0.15, 0.2) is 9.30 Å². The van der Waals surface area contributed by atoms with Gasteiger partial charge >= 0.3 is 5.97 Å². The van der Waals surface area contributed by atoms with Crippen molar-refractivity contribution in [3.05, 3.63) is 15.0 Å². The molecule has 0 saturated carbocycles. The highest BCUT2D eigenvalue weighted by molar-refractivity contribution is 9.11. The first-order chi connectivity index (χ1) is 6.48. The molecule has 0 saturated heterocycles. The summed E-state index contributed by atoms with van der Waals surface area (Å²) in [6, 6.07) is 0. The fraction of sp³-hybridized carbons (Fsp3) is 0.556. The number of hydrogen-bond donors (Lipinski definition) is 0. The Balaban J connectivity index is 2.89. The van der Waals surface area contributed by atoms with E-state index < -0.39 is 5.41 Å². The van der Waals surface area contributed by atoms with Gasteiger partial charge in [0.25, 0.3) is 0 Å². The van der Waals surface area contributed by atoms with Crippen LogP contribution in [0.2, 0.25) is 0 Å². The zero-order valence-electron chi connectivity index (χ0n) is 8.33. The number of carbonyl (C=O) groups excluding carboxylic acids is 1. The summed E-state index contributed by atoms with van der Waals surface area (Å²) in [5.74, 6) is -0.238. The smallest absolute Gasteiger partial charge is 0.317 e. The van der Waals surface area contributed by atoms with Crippen molar-refractivity contribution in [2.45, 2.75) is 26.2 Å². The number of esters is 1. The lowest BCUT2D eigenvalue weighted by Gasteiger charge is -2.19. The van der Waals surface area contributed by atoms with Crippen molar-refractivity contribution in [3.8, 4) is 0 Å². The lowest BCUT2D eigenvalue weighted by Crippen LogP contribution is -2.31. The van der Waals surface area contributed by atoms with Crippen molar-refractivity contribution in [1.29, 1.82) is 0 Å². The first-order valence-electron chi connectivity index (χ1n) is 4.27. The fourth-order valence-electron chi connectivity index (χ4n) is 0.955. The molecule has 0 radical (unpaired) electrons. The molecule has 0 atom stereocenters. The Morgan fingerprint density at radius 3 is 2.79 bits per heavy atom. The summed E-state index contributed by atoms with van der Waals surface area (Å²) in [4.78, 5) is 15.8. The number of thiazole rings is 1. The molecule has 0 aromatic carbocycles. The van der Waals surface area contributed by atoms with Gasteiger partial charge < -0.3 is 4.74 Å². The summed E-state index contributed by atoms with van der Waals surface area (Å²) in [6.45, 7) is 5.82. The third-order valence-electron chi connectivity index (χ3n) is 1.90. The third-order valence-corrected chi connectivity index (χ3v) is 3.27. The molecule has 1 aromatic heterocycles. The normalized spacial score (nSPS) is 11.4. The number of carbonyl (C=O) groups is 1. The molecule has 0 amide bonds. The van der Waals surface area contributed by atoms with E-state index in [9.17, 15) is 4.79 Å². The van der Waals surface area contributed by atoms with Crippen LogP contribution in [0.4, 0.5) is 0 Å². The van der Waals surface area contributed by atoms with Crippen LogP contribution in [0.1, 0.15) is 26.5 Å². The molecule has 0 fully saturated rings. The van der Waals surface area contributed by atoms with Crippen LogP contribution < -0.4 is 0 Å². The Morgan fingerprint density at radius 2 is 2.36 bits per heavy atom. The van der Waals surface area contributed by atoms with Gasteiger partial charge in [-0.3, -0.25) is 4.79 Å². The van der Waals surface area contributed by atoms with Crippen molar-refractivity contribution < 1.29 is 9.53 Å². The zero-order valence-corrected chi connectivity index (χ0v) is 10.7. The van der Waals surface area contributed by atoms with Crippen molar-refractivity contribution >= 4 is 33.2 Å². The summed E-state index contributed by atoms with van der Waals surface area (Å²) >= 11 is 4.73. The Labute approximate surface area is 95.6 Å². The second-order valence-electron chi connectivity index (χ2n) is 3.33. The quantitative estimate of drug-likeness (QED) is 0.798. The maximum atomic E-state index is 11.6. The molecule has 1 heterocycles. The molecule has 0 spiro atoms. The molecule has 0 aliphatic carbocycles. The van der Waals surface area contributed by atoms with Gasteiger partial charge in [0.05, 0.1) is 12.3 Å². The van der Waals surface area contributed by atoms with Crippen molar-refractivity contribution in [3.63, 3.8) is 0 Å². The van der Waals surface area contributed by atoms with E-state index in [1.54, 1.807) is 6.92 Å². The second-order valence-corrected chi connectivity index (χ2v) is 5.47. The molecule has 1 aromatic rings. The first-order valence-corrected chi connectivity index (χ1v) is 5.94. The van der Waals surface area contributed by atoms with Crippen molar-refractivity contribution in [2.75, 3.05) is 6.61 Å². The van der Waals surface area contributed by atoms with Crippen molar-refractivity contribution in [2.24, 2.45) is 0 Å². The Kier molecular flexibility index (Phi) is 3.66. The van der Waals surface area contributed by atoms with E-state index in [4.69, 9.17) is 4.74 Å². The van der Waals surface area contributed by atoms with Gasteiger partial charge in [-0.15, -0.1) is 11.3 Å². The van der Waals surface area contributed by atoms with Gasteiger partial charge in [-0.25, -0.2) is 4.98 Å². The van der Waals surface area contributed by atoms with Crippen LogP contribution in [-0.4, -0.2) is 17.6 Å². The van der Waals surface area contributed by atoms with Gasteiger partial charge in [-0.2, -0.15) is 0 Å². The number of ether oxygens (including phenoxy) is 1. The summed E-state index contributed by atoms with van der Waals surface area (Å²) in [5, 5.41) is 1.86. The first kappa shape index (κ1) is 11.7. The third kappa shape index (κ3) is 2.33. The van der Waals surface area contributed by atoms with E-state index in [1.807, 2.05) is 19.2 Å². The number of nitrogens with zero attached hydrogens (tertiary/aromatic N) is 1. The second kappa shape index (κ2) is 4.40. The molecule has 3 nitrogen and oxygen atoms in total. The van der Waals surface area contributed by atoms with Crippen LogP contribution in [0, 0.1) is 0 Å². The zero-order chi connectivity index (χ0) is 10.8. The molecule has 1 rings (SSSR count). The minimum absolute atomic E-state index is 0.238. The Bertz CT molecular complexity index is 335. The largest absolute Gasteiger partial charge is 0.465 e. The number of hydrogen-bond acceptors (Lipinski definition) is 4. The van der Waals surface area contributed by atoms with E-state index in [0.29, 0.717) is 6.61 Å². The summed E-state index contributed by atoms with van der Waals surface area (Å²) in [5.41, 5.74) is 0.0752. The highest BCUT2D eigenvalue weighted by Gasteiger charge is 2.33. The van der Waals surface area contributed by atoms with Gasteiger partial charge in [0.2, 0.25) is 0 Å². The summed E-state index contributed by atoms with van der Waals surface area (Å²) in [7, 11) is 0. The van der Waals surface area contributed by atoms with Gasteiger partial charge in [0.1, 0.15) is 5.41 Å². The monoisotopic (exact) mass is 277 g/mol. The minimum Gasteiger partial charge on any atom is -0.465 e. The predicted molar refractivity (Wildman–Crippen MR) is 59.5 cm³/mol. The lowest BCUT2D eigenvalue weighted by atomic mass is 9.90. The van der Waals surface area contributed by atoms with E-state index >= 15 is 0 Å². The summed E-state index contributed by atoms with van der Waals surface area (Å²) < 4.78 is 5.76. The molecule has 14 heavy (non-hydrogen) atoms. The maximum Gasteiger partial charge on any atom is 0.317 e. The van der Waals surface area contributed by atoms with Crippen LogP contribution in [-0.2, 0) is 14.9 Å². The van der Waals surface area contributed by atoms with Crippen LogP contribution >= 0.6 is 27.3 Å². The van der Waals surface area contributed by atoms with Gasteiger partial charge in [0, 0.05) is 5.38 Å². The fourth-order valence-corrected chi connectivity index (χ4v) is 2.13. The molecule has 0 unspecified atom stereocenters. The highest BCUT2D eigenvalue weighted by atomic mass is 79.9. The minimum atomic E-state index is -0.668. The molecule has 78 valence electrons. The SMILES string of the molecule is CCOC(=O)C(C)(C)c1csc(Br)n1. The molecule has 0 aliphatic rings. The molecule has 0 aliphatic heterocycles. The van der Waals surface area contributed by atoms with E-state index in [1.165, 1.54) is 11.3 Å². The molecular weight excluding hydrogens is 266 g/mol. The Hall–Kier alpha value is -0.420. The number of rotatable bonds is 3. The maximum absolute atomic E-state index is 11.6. The van der Waals surface area contributed by atoms with E-state index in [2.05, 4.69) is 20.9 Å². The average molecular weight is 278 g/mol. The summed E-state index contributed by atoms with van der Waals surface area (Å²) in [6.07, 6.45) is 0. The van der Waals surface area contributed by atoms with Gasteiger partial charge in [0.15, 0.2) is 3.92 Å². The average Bonchev–Trinajstić information content (AvgIpc) is 2.52. The number of aromatic nitrogens is 1. The van der Waals surface area contributed by atoms with Crippen LogP contribution in [0.5, 0.6) is 0 Å².